The molecule has 1 aromatic rings. The van der Waals surface area contributed by atoms with Gasteiger partial charge in [0.1, 0.15) is 5.75 Å². The van der Waals surface area contributed by atoms with Gasteiger partial charge in [0.25, 0.3) is 0 Å². The Bertz CT molecular complexity index is 286. The van der Waals surface area contributed by atoms with E-state index in [0.29, 0.717) is 0 Å². The molecule has 13 heavy (non-hydrogen) atoms. The fourth-order valence-corrected chi connectivity index (χ4v) is 1.49. The zero-order valence-electron chi connectivity index (χ0n) is 7.88. The lowest BCUT2D eigenvalue weighted by molar-refractivity contribution is 0.408. The minimum Gasteiger partial charge on any atom is -0.496 e. The van der Waals surface area contributed by atoms with Crippen LogP contribution < -0.4 is 10.5 Å². The molecule has 1 atom stereocenters. The molecule has 2 N–H and O–H groups in total. The molecule has 0 spiro atoms. The molecule has 0 aromatic heterocycles. The second kappa shape index (κ2) is 4.49. The maximum atomic E-state index is 6.02. The predicted molar refractivity (Wildman–Crippen MR) is 55.4 cm³/mol. The SMILES string of the molecule is COc1cccc(Cl)c1C[C@H](C)N. The van der Waals surface area contributed by atoms with Gasteiger partial charge >= 0.3 is 0 Å². The summed E-state index contributed by atoms with van der Waals surface area (Å²) in [6.07, 6.45) is 0.739. The zero-order valence-corrected chi connectivity index (χ0v) is 8.64. The molecule has 0 radical (unpaired) electrons. The van der Waals surface area contributed by atoms with Crippen molar-refractivity contribution in [3.05, 3.63) is 28.8 Å². The third-order valence-electron chi connectivity index (χ3n) is 1.82. The van der Waals surface area contributed by atoms with Crippen LogP contribution in [0, 0.1) is 0 Å². The Balaban J connectivity index is 3.00. The summed E-state index contributed by atoms with van der Waals surface area (Å²) in [4.78, 5) is 0. The molecule has 0 saturated carbocycles. The second-order valence-corrected chi connectivity index (χ2v) is 3.51. The monoisotopic (exact) mass is 199 g/mol. The van der Waals surface area contributed by atoms with Crippen LogP contribution in [0.15, 0.2) is 18.2 Å². The number of hydrogen-bond acceptors (Lipinski definition) is 2. The molecule has 72 valence electrons. The van der Waals surface area contributed by atoms with Crippen molar-refractivity contribution in [1.82, 2.24) is 0 Å². The summed E-state index contributed by atoms with van der Waals surface area (Å²) in [5.74, 6) is 0.810. The van der Waals surface area contributed by atoms with Gasteiger partial charge in [-0.25, -0.2) is 0 Å². The minimum absolute atomic E-state index is 0.0915. The van der Waals surface area contributed by atoms with Crippen LogP contribution in [0.1, 0.15) is 12.5 Å². The van der Waals surface area contributed by atoms with E-state index in [9.17, 15) is 0 Å². The van der Waals surface area contributed by atoms with Gasteiger partial charge in [-0.3, -0.25) is 0 Å². The number of methoxy groups -OCH3 is 1. The Morgan fingerprint density at radius 1 is 1.54 bits per heavy atom. The van der Waals surface area contributed by atoms with Gasteiger partial charge in [0.15, 0.2) is 0 Å². The first kappa shape index (κ1) is 10.4. The van der Waals surface area contributed by atoms with Crippen LogP contribution in [0.4, 0.5) is 0 Å². The third-order valence-corrected chi connectivity index (χ3v) is 2.18. The molecule has 0 fully saturated rings. The van der Waals surface area contributed by atoms with E-state index >= 15 is 0 Å². The van der Waals surface area contributed by atoms with Crippen molar-refractivity contribution in [3.8, 4) is 5.75 Å². The highest BCUT2D eigenvalue weighted by Gasteiger charge is 2.08. The highest BCUT2D eigenvalue weighted by Crippen LogP contribution is 2.26. The summed E-state index contributed by atoms with van der Waals surface area (Å²) in [7, 11) is 1.64. The summed E-state index contributed by atoms with van der Waals surface area (Å²) in [5, 5.41) is 0.719. The van der Waals surface area contributed by atoms with Crippen LogP contribution in [-0.2, 0) is 6.42 Å². The lowest BCUT2D eigenvalue weighted by atomic mass is 10.1. The quantitative estimate of drug-likeness (QED) is 0.811. The molecular weight excluding hydrogens is 186 g/mol. The Labute approximate surface area is 83.6 Å². The highest BCUT2D eigenvalue weighted by atomic mass is 35.5. The molecule has 0 bridgehead atoms. The molecule has 3 heteroatoms. The number of nitrogens with two attached hydrogens (primary N) is 1. The standard InChI is InChI=1S/C10H14ClNO/c1-7(12)6-8-9(11)4-3-5-10(8)13-2/h3-5,7H,6,12H2,1-2H3/t7-/m0/s1. The van der Waals surface area contributed by atoms with Gasteiger partial charge in [-0.2, -0.15) is 0 Å². The van der Waals surface area contributed by atoms with Gasteiger partial charge in [0, 0.05) is 16.6 Å². The first-order chi connectivity index (χ1) is 6.15. The predicted octanol–water partition coefficient (Wildman–Crippen LogP) is 2.24. The molecular formula is C10H14ClNO. The molecule has 0 amide bonds. The second-order valence-electron chi connectivity index (χ2n) is 3.10. The number of ether oxygens (including phenoxy) is 1. The Morgan fingerprint density at radius 3 is 2.77 bits per heavy atom. The van der Waals surface area contributed by atoms with E-state index in [2.05, 4.69) is 0 Å². The molecule has 0 heterocycles. The maximum absolute atomic E-state index is 6.02. The van der Waals surface area contributed by atoms with Gasteiger partial charge in [0.05, 0.1) is 7.11 Å². The van der Waals surface area contributed by atoms with Gasteiger partial charge in [-0.05, 0) is 25.5 Å². The van der Waals surface area contributed by atoms with E-state index in [4.69, 9.17) is 22.1 Å². The third kappa shape index (κ3) is 2.61. The lowest BCUT2D eigenvalue weighted by Gasteiger charge is -2.11. The summed E-state index contributed by atoms with van der Waals surface area (Å²) in [6.45, 7) is 1.95. The fraction of sp³-hybridized carbons (Fsp3) is 0.400. The maximum Gasteiger partial charge on any atom is 0.123 e. The smallest absolute Gasteiger partial charge is 0.123 e. The Morgan fingerprint density at radius 2 is 2.23 bits per heavy atom. The van der Waals surface area contributed by atoms with E-state index in [1.165, 1.54) is 0 Å². The fourth-order valence-electron chi connectivity index (χ4n) is 1.25. The molecule has 0 aliphatic carbocycles. The van der Waals surface area contributed by atoms with Gasteiger partial charge in [-0.1, -0.05) is 17.7 Å². The Hall–Kier alpha value is -0.730. The average Bonchev–Trinajstić information content (AvgIpc) is 2.08. The first-order valence-electron chi connectivity index (χ1n) is 4.22. The van der Waals surface area contributed by atoms with Crippen molar-refractivity contribution in [2.45, 2.75) is 19.4 Å². The normalized spacial score (nSPS) is 12.6. The van der Waals surface area contributed by atoms with E-state index in [-0.39, 0.29) is 6.04 Å². The van der Waals surface area contributed by atoms with Gasteiger partial charge < -0.3 is 10.5 Å². The molecule has 1 rings (SSSR count). The van der Waals surface area contributed by atoms with Crippen molar-refractivity contribution in [2.75, 3.05) is 7.11 Å². The average molecular weight is 200 g/mol. The minimum atomic E-state index is 0.0915. The molecule has 0 saturated heterocycles. The largest absolute Gasteiger partial charge is 0.496 e. The van der Waals surface area contributed by atoms with Crippen LogP contribution in [0.25, 0.3) is 0 Å². The van der Waals surface area contributed by atoms with E-state index < -0.39 is 0 Å². The van der Waals surface area contributed by atoms with E-state index in [1.54, 1.807) is 7.11 Å². The topological polar surface area (TPSA) is 35.2 Å². The van der Waals surface area contributed by atoms with Crippen molar-refractivity contribution in [3.63, 3.8) is 0 Å². The van der Waals surface area contributed by atoms with Crippen molar-refractivity contribution in [2.24, 2.45) is 5.73 Å². The van der Waals surface area contributed by atoms with Crippen LogP contribution in [-0.4, -0.2) is 13.2 Å². The number of rotatable bonds is 3. The van der Waals surface area contributed by atoms with E-state index in [0.717, 1.165) is 22.8 Å². The summed E-state index contributed by atoms with van der Waals surface area (Å²) in [5.41, 5.74) is 6.69. The molecule has 0 aliphatic heterocycles. The van der Waals surface area contributed by atoms with Crippen molar-refractivity contribution >= 4 is 11.6 Å². The number of hydrogen-bond donors (Lipinski definition) is 1. The molecule has 0 aliphatic rings. The summed E-state index contributed by atoms with van der Waals surface area (Å²) in [6, 6.07) is 5.70. The lowest BCUT2D eigenvalue weighted by Crippen LogP contribution is -2.18. The summed E-state index contributed by atoms with van der Waals surface area (Å²) < 4.78 is 5.19. The van der Waals surface area contributed by atoms with Crippen LogP contribution in [0.2, 0.25) is 5.02 Å². The van der Waals surface area contributed by atoms with Crippen LogP contribution >= 0.6 is 11.6 Å². The van der Waals surface area contributed by atoms with Crippen molar-refractivity contribution < 1.29 is 4.74 Å². The molecule has 2 nitrogen and oxygen atoms in total. The molecule has 1 aromatic carbocycles. The first-order valence-corrected chi connectivity index (χ1v) is 4.60. The van der Waals surface area contributed by atoms with Crippen molar-refractivity contribution in [1.29, 1.82) is 0 Å². The van der Waals surface area contributed by atoms with Gasteiger partial charge in [-0.15, -0.1) is 0 Å². The van der Waals surface area contributed by atoms with Gasteiger partial charge in [0.2, 0.25) is 0 Å². The number of halogens is 1. The van der Waals surface area contributed by atoms with Crippen LogP contribution in [0.3, 0.4) is 0 Å². The van der Waals surface area contributed by atoms with E-state index in [1.807, 2.05) is 25.1 Å². The zero-order chi connectivity index (χ0) is 9.84. The highest BCUT2D eigenvalue weighted by molar-refractivity contribution is 6.31. The number of benzene rings is 1. The summed E-state index contributed by atoms with van der Waals surface area (Å²) >= 11 is 6.02. The molecule has 0 unspecified atom stereocenters. The van der Waals surface area contributed by atoms with Crippen LogP contribution in [0.5, 0.6) is 5.75 Å². The Kier molecular flexibility index (Phi) is 3.58.